The highest BCUT2D eigenvalue weighted by Crippen LogP contribution is 2.30. The minimum atomic E-state index is 1.15. The van der Waals surface area contributed by atoms with Crippen molar-refractivity contribution in [3.8, 4) is 0 Å². The van der Waals surface area contributed by atoms with Crippen LogP contribution in [0.15, 0.2) is 36.4 Å². The van der Waals surface area contributed by atoms with Gasteiger partial charge in [0, 0.05) is 0 Å². The predicted octanol–water partition coefficient (Wildman–Crippen LogP) is 6.99. The third-order valence-corrected chi connectivity index (χ3v) is 6.64. The molecule has 0 fully saturated rings. The van der Waals surface area contributed by atoms with Crippen LogP contribution >= 0.6 is 0 Å². The molecule has 0 spiro atoms. The van der Waals surface area contributed by atoms with Gasteiger partial charge in [-0.1, -0.05) is 81.3 Å². The van der Waals surface area contributed by atoms with Gasteiger partial charge < -0.3 is 0 Å². The summed E-state index contributed by atoms with van der Waals surface area (Å²) in [6.07, 6.45) is 19.0. The Kier molecular flexibility index (Phi) is 6.10. The molecule has 0 nitrogen and oxygen atoms in total. The zero-order chi connectivity index (χ0) is 17.6. The van der Waals surface area contributed by atoms with E-state index in [4.69, 9.17) is 0 Å². The van der Waals surface area contributed by atoms with Crippen LogP contribution in [-0.2, 0) is 32.1 Å². The number of fused-ring (bicyclic) bond motifs is 1. The fourth-order valence-corrected chi connectivity index (χ4v) is 5.14. The van der Waals surface area contributed by atoms with Crippen LogP contribution < -0.4 is 0 Å². The summed E-state index contributed by atoms with van der Waals surface area (Å²) in [6, 6.07) is 14.2. The summed E-state index contributed by atoms with van der Waals surface area (Å²) in [6.45, 7) is 0. The Morgan fingerprint density at radius 2 is 0.769 bits per heavy atom. The van der Waals surface area contributed by atoms with Gasteiger partial charge in [-0.05, 0) is 78.3 Å². The molecular formula is C26H34. The maximum Gasteiger partial charge on any atom is -0.00201 e. The van der Waals surface area contributed by atoms with E-state index in [1.165, 1.54) is 83.5 Å². The standard InChI is InChI=1S/C26H34/c1-2-4-6-8-12-21-14-10-16-23-20-24-17-11-15-22(13-9-7-5-3-1)26(24)19-18-25(21)23/h10-11,14-17H,1-9,12-13,18-20H2. The van der Waals surface area contributed by atoms with Gasteiger partial charge in [0.1, 0.15) is 0 Å². The van der Waals surface area contributed by atoms with Crippen LogP contribution in [0.2, 0.25) is 0 Å². The second-order valence-corrected chi connectivity index (χ2v) is 8.47. The van der Waals surface area contributed by atoms with Crippen LogP contribution in [0.4, 0.5) is 0 Å². The molecule has 2 aromatic rings. The highest BCUT2D eigenvalue weighted by atomic mass is 14.2. The van der Waals surface area contributed by atoms with E-state index in [-0.39, 0.29) is 0 Å². The first-order chi connectivity index (χ1) is 12.9. The summed E-state index contributed by atoms with van der Waals surface area (Å²) in [5, 5.41) is 0. The minimum absolute atomic E-state index is 1.15. The summed E-state index contributed by atoms with van der Waals surface area (Å²) >= 11 is 0. The third kappa shape index (κ3) is 4.22. The number of aryl methyl sites for hydroxylation is 2. The zero-order valence-corrected chi connectivity index (χ0v) is 16.4. The highest BCUT2D eigenvalue weighted by Gasteiger charge is 2.17. The van der Waals surface area contributed by atoms with Crippen LogP contribution in [0.3, 0.4) is 0 Å². The Morgan fingerprint density at radius 1 is 0.385 bits per heavy atom. The fraction of sp³-hybridized carbons (Fsp3) is 0.538. The number of hydrogen-bond donors (Lipinski definition) is 0. The topological polar surface area (TPSA) is 0 Å². The van der Waals surface area contributed by atoms with E-state index in [0.29, 0.717) is 0 Å². The van der Waals surface area contributed by atoms with Crippen LogP contribution in [0.25, 0.3) is 0 Å². The smallest absolute Gasteiger partial charge is 0.00201 e. The average Bonchev–Trinajstić information content (AvgIpc) is 2.85. The highest BCUT2D eigenvalue weighted by molar-refractivity contribution is 5.46. The SMILES string of the molecule is c1cc2c3c(c1)Cc1cccc(c1CC3)CCCCCCCCCCC2. The van der Waals surface area contributed by atoms with E-state index in [9.17, 15) is 0 Å². The lowest BCUT2D eigenvalue weighted by atomic mass is 9.93. The molecule has 0 heterocycles. The van der Waals surface area contributed by atoms with Crippen molar-refractivity contribution in [1.82, 2.24) is 0 Å². The number of hydrogen-bond acceptors (Lipinski definition) is 0. The zero-order valence-electron chi connectivity index (χ0n) is 16.4. The van der Waals surface area contributed by atoms with Crippen molar-refractivity contribution in [1.29, 1.82) is 0 Å². The largest absolute Gasteiger partial charge is 0.0617 e. The molecule has 138 valence electrons. The van der Waals surface area contributed by atoms with Crippen molar-refractivity contribution in [2.24, 2.45) is 0 Å². The van der Waals surface area contributed by atoms with Crippen LogP contribution in [0.5, 0.6) is 0 Å². The van der Waals surface area contributed by atoms with Gasteiger partial charge in [-0.2, -0.15) is 0 Å². The molecular weight excluding hydrogens is 312 g/mol. The molecule has 0 heteroatoms. The molecule has 26 heavy (non-hydrogen) atoms. The van der Waals surface area contributed by atoms with Crippen LogP contribution in [0.1, 0.15) is 91.2 Å². The summed E-state index contributed by atoms with van der Waals surface area (Å²) in [7, 11) is 0. The lowest BCUT2D eigenvalue weighted by Crippen LogP contribution is -2.00. The van der Waals surface area contributed by atoms with E-state index in [1.807, 2.05) is 0 Å². The van der Waals surface area contributed by atoms with Crippen molar-refractivity contribution in [2.75, 3.05) is 0 Å². The van der Waals surface area contributed by atoms with E-state index in [1.54, 1.807) is 33.4 Å². The van der Waals surface area contributed by atoms with Crippen LogP contribution in [-0.4, -0.2) is 0 Å². The van der Waals surface area contributed by atoms with Crippen molar-refractivity contribution in [3.05, 3.63) is 69.8 Å². The second-order valence-electron chi connectivity index (χ2n) is 8.47. The lowest BCUT2D eigenvalue weighted by molar-refractivity contribution is 0.558. The van der Waals surface area contributed by atoms with E-state index in [0.717, 1.165) is 6.42 Å². The molecule has 2 bridgehead atoms. The van der Waals surface area contributed by atoms with Crippen molar-refractivity contribution < 1.29 is 0 Å². The lowest BCUT2D eigenvalue weighted by Gasteiger charge is -2.13. The number of benzene rings is 2. The molecule has 0 atom stereocenters. The fourth-order valence-electron chi connectivity index (χ4n) is 5.14. The van der Waals surface area contributed by atoms with Crippen molar-refractivity contribution >= 4 is 0 Å². The van der Waals surface area contributed by atoms with Gasteiger partial charge in [-0.3, -0.25) is 0 Å². The molecule has 0 saturated heterocycles. The second kappa shape index (κ2) is 8.89. The van der Waals surface area contributed by atoms with Gasteiger partial charge in [-0.15, -0.1) is 0 Å². The van der Waals surface area contributed by atoms with Gasteiger partial charge in [0.15, 0.2) is 0 Å². The molecule has 0 N–H and O–H groups in total. The van der Waals surface area contributed by atoms with Gasteiger partial charge >= 0.3 is 0 Å². The molecule has 0 amide bonds. The van der Waals surface area contributed by atoms with E-state index in [2.05, 4.69) is 36.4 Å². The molecule has 0 saturated carbocycles. The molecule has 2 aliphatic carbocycles. The Hall–Kier alpha value is -1.56. The first-order valence-corrected chi connectivity index (χ1v) is 11.1. The Labute approximate surface area is 160 Å². The van der Waals surface area contributed by atoms with Gasteiger partial charge in [0.25, 0.3) is 0 Å². The summed E-state index contributed by atoms with van der Waals surface area (Å²) < 4.78 is 0. The Bertz CT molecular complexity index is 663. The predicted molar refractivity (Wildman–Crippen MR) is 112 cm³/mol. The van der Waals surface area contributed by atoms with Crippen molar-refractivity contribution in [3.63, 3.8) is 0 Å². The maximum atomic E-state index is 2.41. The molecule has 2 aliphatic rings. The summed E-state index contributed by atoms with van der Waals surface area (Å²) in [5.74, 6) is 0. The molecule has 0 aromatic heterocycles. The first kappa shape index (κ1) is 17.8. The normalized spacial score (nSPS) is 18.9. The Balaban J connectivity index is 1.62. The molecule has 2 aromatic carbocycles. The molecule has 0 radical (unpaired) electrons. The maximum absolute atomic E-state index is 2.41. The van der Waals surface area contributed by atoms with E-state index >= 15 is 0 Å². The quantitative estimate of drug-likeness (QED) is 0.482. The Morgan fingerprint density at radius 3 is 1.23 bits per heavy atom. The molecule has 0 unspecified atom stereocenters. The third-order valence-electron chi connectivity index (χ3n) is 6.64. The van der Waals surface area contributed by atoms with Crippen molar-refractivity contribution in [2.45, 2.75) is 89.9 Å². The van der Waals surface area contributed by atoms with Crippen LogP contribution in [0, 0.1) is 0 Å². The van der Waals surface area contributed by atoms with E-state index < -0.39 is 0 Å². The monoisotopic (exact) mass is 346 g/mol. The minimum Gasteiger partial charge on any atom is -0.0617 e. The van der Waals surface area contributed by atoms with Gasteiger partial charge in [0.05, 0.1) is 0 Å². The molecule has 0 aliphatic heterocycles. The molecule has 4 rings (SSSR count). The summed E-state index contributed by atoms with van der Waals surface area (Å²) in [5.41, 5.74) is 9.83. The van der Waals surface area contributed by atoms with Gasteiger partial charge in [-0.25, -0.2) is 0 Å². The summed E-state index contributed by atoms with van der Waals surface area (Å²) in [4.78, 5) is 0. The van der Waals surface area contributed by atoms with Gasteiger partial charge in [0.2, 0.25) is 0 Å². The average molecular weight is 347 g/mol. The number of rotatable bonds is 0. The first-order valence-electron chi connectivity index (χ1n) is 11.1.